The van der Waals surface area contributed by atoms with E-state index in [1.165, 1.54) is 4.88 Å². The van der Waals surface area contributed by atoms with Gasteiger partial charge in [-0.1, -0.05) is 22.0 Å². The Morgan fingerprint density at radius 1 is 1.33 bits per heavy atom. The standard InChI is InChI=1S/C17H18BrNO3S2/c1-19(9-13-3-2-6-24-13)17(20)11-23-10-12-7-15-16(8-14(12)18)22-5-4-21-15/h2-3,6-8H,4-5,9-11H2,1H3. The van der Waals surface area contributed by atoms with Crippen LogP contribution in [0.2, 0.25) is 0 Å². The molecule has 0 N–H and O–H groups in total. The molecule has 0 saturated heterocycles. The number of carbonyl (C=O) groups excluding carboxylic acids is 1. The van der Waals surface area contributed by atoms with Gasteiger partial charge in [-0.3, -0.25) is 4.79 Å². The minimum absolute atomic E-state index is 0.141. The summed E-state index contributed by atoms with van der Waals surface area (Å²) in [5, 5.41) is 2.03. The highest BCUT2D eigenvalue weighted by atomic mass is 79.9. The van der Waals surface area contributed by atoms with E-state index in [1.807, 2.05) is 36.7 Å². The van der Waals surface area contributed by atoms with Crippen LogP contribution in [0.3, 0.4) is 0 Å². The van der Waals surface area contributed by atoms with Crippen molar-refractivity contribution >= 4 is 44.9 Å². The van der Waals surface area contributed by atoms with Gasteiger partial charge in [0.25, 0.3) is 0 Å². The molecule has 0 bridgehead atoms. The highest BCUT2D eigenvalue weighted by Gasteiger charge is 2.16. The molecular weight excluding hydrogens is 410 g/mol. The quantitative estimate of drug-likeness (QED) is 0.692. The Bertz CT molecular complexity index is 706. The first kappa shape index (κ1) is 17.6. The second-order valence-electron chi connectivity index (χ2n) is 5.41. The lowest BCUT2D eigenvalue weighted by Gasteiger charge is -2.20. The smallest absolute Gasteiger partial charge is 0.232 e. The molecule has 128 valence electrons. The molecule has 1 aliphatic heterocycles. The number of fused-ring (bicyclic) bond motifs is 1. The molecule has 1 aromatic carbocycles. The lowest BCUT2D eigenvalue weighted by Crippen LogP contribution is -2.27. The third kappa shape index (κ3) is 4.46. The number of carbonyl (C=O) groups is 1. The Hall–Kier alpha value is -1.18. The van der Waals surface area contributed by atoms with Crippen LogP contribution < -0.4 is 9.47 Å². The second-order valence-corrected chi connectivity index (χ2v) is 8.28. The molecule has 2 heterocycles. The van der Waals surface area contributed by atoms with Crippen LogP contribution in [0.4, 0.5) is 0 Å². The van der Waals surface area contributed by atoms with Gasteiger partial charge in [0.1, 0.15) is 13.2 Å². The van der Waals surface area contributed by atoms with Crippen LogP contribution in [0.15, 0.2) is 34.1 Å². The van der Waals surface area contributed by atoms with Gasteiger partial charge in [0.05, 0.1) is 12.3 Å². The molecule has 24 heavy (non-hydrogen) atoms. The molecule has 0 spiro atoms. The topological polar surface area (TPSA) is 38.8 Å². The van der Waals surface area contributed by atoms with E-state index in [2.05, 4.69) is 15.9 Å². The van der Waals surface area contributed by atoms with Crippen LogP contribution in [0.1, 0.15) is 10.4 Å². The average Bonchev–Trinajstić information content (AvgIpc) is 3.08. The Kier molecular flexibility index (Phi) is 6.08. The number of thioether (sulfide) groups is 1. The van der Waals surface area contributed by atoms with Crippen molar-refractivity contribution in [3.63, 3.8) is 0 Å². The van der Waals surface area contributed by atoms with Gasteiger partial charge in [-0.05, 0) is 29.1 Å². The number of nitrogens with zero attached hydrogens (tertiary/aromatic N) is 1. The first-order chi connectivity index (χ1) is 11.6. The van der Waals surface area contributed by atoms with Gasteiger partial charge >= 0.3 is 0 Å². The second kappa shape index (κ2) is 8.27. The number of thiophene rings is 1. The lowest BCUT2D eigenvalue weighted by molar-refractivity contribution is -0.127. The maximum Gasteiger partial charge on any atom is 0.232 e. The summed E-state index contributed by atoms with van der Waals surface area (Å²) in [5.74, 6) is 2.90. The normalized spacial score (nSPS) is 12.9. The lowest BCUT2D eigenvalue weighted by atomic mass is 10.2. The van der Waals surface area contributed by atoms with Crippen LogP contribution in [0.25, 0.3) is 0 Å². The highest BCUT2D eigenvalue weighted by Crippen LogP contribution is 2.36. The number of halogens is 1. The van der Waals surface area contributed by atoms with Crippen molar-refractivity contribution < 1.29 is 14.3 Å². The SMILES string of the molecule is CN(Cc1cccs1)C(=O)CSCc1cc2c(cc1Br)OCCO2. The molecule has 4 nitrogen and oxygen atoms in total. The number of ether oxygens (including phenoxy) is 2. The summed E-state index contributed by atoms with van der Waals surface area (Å²) in [5.41, 5.74) is 1.11. The molecule has 0 unspecified atom stereocenters. The summed E-state index contributed by atoms with van der Waals surface area (Å²) in [7, 11) is 1.85. The Balaban J connectivity index is 1.51. The summed E-state index contributed by atoms with van der Waals surface area (Å²) in [6.07, 6.45) is 0. The van der Waals surface area contributed by atoms with Crippen molar-refractivity contribution in [1.29, 1.82) is 0 Å². The van der Waals surface area contributed by atoms with Crippen LogP contribution in [0, 0.1) is 0 Å². The summed E-state index contributed by atoms with van der Waals surface area (Å²) >= 11 is 6.85. The van der Waals surface area contributed by atoms with Crippen LogP contribution in [-0.2, 0) is 17.1 Å². The largest absolute Gasteiger partial charge is 0.486 e. The monoisotopic (exact) mass is 427 g/mol. The number of benzene rings is 1. The van der Waals surface area contributed by atoms with Gasteiger partial charge in [-0.2, -0.15) is 0 Å². The van der Waals surface area contributed by atoms with E-state index in [4.69, 9.17) is 9.47 Å². The fourth-order valence-corrected chi connectivity index (χ4v) is 4.66. The molecule has 1 aliphatic rings. The van der Waals surface area contributed by atoms with Crippen molar-refractivity contribution in [2.45, 2.75) is 12.3 Å². The molecule has 0 saturated carbocycles. The van der Waals surface area contributed by atoms with Crippen molar-refractivity contribution in [2.75, 3.05) is 26.0 Å². The van der Waals surface area contributed by atoms with Crippen LogP contribution >= 0.6 is 39.0 Å². The highest BCUT2D eigenvalue weighted by molar-refractivity contribution is 9.10. The minimum Gasteiger partial charge on any atom is -0.486 e. The van der Waals surface area contributed by atoms with Gasteiger partial charge < -0.3 is 14.4 Å². The third-order valence-electron chi connectivity index (χ3n) is 3.59. The molecule has 1 aromatic heterocycles. The van der Waals surface area contributed by atoms with Crippen molar-refractivity contribution in [3.05, 3.63) is 44.6 Å². The van der Waals surface area contributed by atoms with E-state index >= 15 is 0 Å². The molecule has 0 radical (unpaired) electrons. The van der Waals surface area contributed by atoms with Crippen LogP contribution in [0.5, 0.6) is 11.5 Å². The number of amides is 1. The first-order valence-electron chi connectivity index (χ1n) is 7.55. The summed E-state index contributed by atoms with van der Waals surface area (Å²) in [6, 6.07) is 7.99. The molecule has 7 heteroatoms. The predicted molar refractivity (Wildman–Crippen MR) is 102 cm³/mol. The molecule has 1 amide bonds. The molecular formula is C17H18BrNO3S2. The Morgan fingerprint density at radius 2 is 2.08 bits per heavy atom. The first-order valence-corrected chi connectivity index (χ1v) is 10.4. The van der Waals surface area contributed by atoms with Gasteiger partial charge in [0.2, 0.25) is 5.91 Å². The molecule has 0 aliphatic carbocycles. The summed E-state index contributed by atoms with van der Waals surface area (Å²) in [6.45, 7) is 1.83. The van der Waals surface area contributed by atoms with E-state index in [-0.39, 0.29) is 5.91 Å². The molecule has 3 rings (SSSR count). The van der Waals surface area contributed by atoms with E-state index in [9.17, 15) is 4.79 Å². The third-order valence-corrected chi connectivity index (χ3v) is 6.16. The number of rotatable bonds is 6. The van der Waals surface area contributed by atoms with E-state index in [1.54, 1.807) is 28.0 Å². The average molecular weight is 428 g/mol. The van der Waals surface area contributed by atoms with Crippen LogP contribution in [-0.4, -0.2) is 36.8 Å². The molecule has 0 fully saturated rings. The molecule has 2 aromatic rings. The molecule has 0 atom stereocenters. The zero-order chi connectivity index (χ0) is 16.9. The summed E-state index contributed by atoms with van der Waals surface area (Å²) < 4.78 is 12.2. The van der Waals surface area contributed by atoms with E-state index in [0.717, 1.165) is 27.3 Å². The zero-order valence-electron chi connectivity index (χ0n) is 13.3. The maximum atomic E-state index is 12.2. The number of hydrogen-bond acceptors (Lipinski definition) is 5. The fourth-order valence-electron chi connectivity index (χ4n) is 2.30. The van der Waals surface area contributed by atoms with E-state index in [0.29, 0.717) is 25.5 Å². The van der Waals surface area contributed by atoms with E-state index < -0.39 is 0 Å². The minimum atomic E-state index is 0.141. The Morgan fingerprint density at radius 3 is 2.79 bits per heavy atom. The van der Waals surface area contributed by atoms with Crippen molar-refractivity contribution in [1.82, 2.24) is 4.90 Å². The van der Waals surface area contributed by atoms with Gasteiger partial charge in [0, 0.05) is 22.2 Å². The van der Waals surface area contributed by atoms with Gasteiger partial charge in [-0.25, -0.2) is 0 Å². The van der Waals surface area contributed by atoms with Gasteiger partial charge in [0.15, 0.2) is 11.5 Å². The fraction of sp³-hybridized carbons (Fsp3) is 0.353. The van der Waals surface area contributed by atoms with Crippen molar-refractivity contribution in [3.8, 4) is 11.5 Å². The number of hydrogen-bond donors (Lipinski definition) is 0. The predicted octanol–water partition coefficient (Wildman–Crippen LogP) is 4.17. The summed E-state index contributed by atoms with van der Waals surface area (Å²) in [4.78, 5) is 15.2. The van der Waals surface area contributed by atoms with Gasteiger partial charge in [-0.15, -0.1) is 23.1 Å². The zero-order valence-corrected chi connectivity index (χ0v) is 16.5. The maximum absolute atomic E-state index is 12.2. The Labute approximate surface area is 158 Å². The van der Waals surface area contributed by atoms with Crippen molar-refractivity contribution in [2.24, 2.45) is 0 Å².